The molecule has 0 N–H and O–H groups in total. The lowest BCUT2D eigenvalue weighted by Gasteiger charge is -2.21. The highest BCUT2D eigenvalue weighted by atomic mass is 16.7. The largest absolute Gasteiger partial charge is 0.353 e. The van der Waals surface area contributed by atoms with Crippen LogP contribution >= 0.6 is 0 Å². The zero-order valence-electron chi connectivity index (χ0n) is 9.41. The molecule has 0 aromatic carbocycles. The van der Waals surface area contributed by atoms with E-state index in [0.29, 0.717) is 13.0 Å². The molecule has 1 aliphatic rings. The highest BCUT2D eigenvalue weighted by Gasteiger charge is 2.12. The van der Waals surface area contributed by atoms with Crippen LogP contribution in [0.5, 0.6) is 0 Å². The molecule has 0 spiro atoms. The Morgan fingerprint density at radius 3 is 3.00 bits per heavy atom. The first-order chi connectivity index (χ1) is 7.29. The number of allylic oxidation sites excluding steroid dienone is 1. The van der Waals surface area contributed by atoms with Crippen molar-refractivity contribution >= 4 is 5.78 Å². The van der Waals surface area contributed by atoms with Gasteiger partial charge >= 0.3 is 0 Å². The molecule has 15 heavy (non-hydrogen) atoms. The molecule has 1 unspecified atom stereocenters. The molecule has 0 aromatic rings. The van der Waals surface area contributed by atoms with Gasteiger partial charge < -0.3 is 14.3 Å². The van der Waals surface area contributed by atoms with E-state index < -0.39 is 0 Å². The maximum Gasteiger partial charge on any atom is 0.157 e. The van der Waals surface area contributed by atoms with Crippen molar-refractivity contribution in [2.75, 3.05) is 13.2 Å². The molecule has 86 valence electrons. The summed E-state index contributed by atoms with van der Waals surface area (Å²) in [4.78, 5) is 10.6. The third-order valence-electron chi connectivity index (χ3n) is 2.35. The van der Waals surface area contributed by atoms with Gasteiger partial charge in [0, 0.05) is 13.0 Å². The number of Topliss-reactive ketones (excluding diaryl/α,β-unsaturated/α-hetero) is 1. The van der Waals surface area contributed by atoms with Gasteiger partial charge in [-0.05, 0) is 32.6 Å². The van der Waals surface area contributed by atoms with Gasteiger partial charge in [0.1, 0.15) is 5.78 Å². The van der Waals surface area contributed by atoms with Crippen LogP contribution in [-0.2, 0) is 14.3 Å². The third kappa shape index (κ3) is 6.42. The van der Waals surface area contributed by atoms with Gasteiger partial charge in [0.25, 0.3) is 0 Å². The average molecular weight is 212 g/mol. The topological polar surface area (TPSA) is 35.5 Å². The van der Waals surface area contributed by atoms with E-state index in [1.807, 2.05) is 12.2 Å². The number of carbonyl (C=O) groups excluding carboxylic acids is 1. The van der Waals surface area contributed by atoms with E-state index >= 15 is 0 Å². The summed E-state index contributed by atoms with van der Waals surface area (Å²) in [5.74, 6) is 0.233. The molecule has 0 aromatic heterocycles. The average Bonchev–Trinajstić information content (AvgIpc) is 2.24. The fourth-order valence-corrected chi connectivity index (χ4v) is 1.48. The van der Waals surface area contributed by atoms with Crippen molar-refractivity contribution in [2.24, 2.45) is 0 Å². The van der Waals surface area contributed by atoms with Gasteiger partial charge in [-0.2, -0.15) is 0 Å². The summed E-state index contributed by atoms with van der Waals surface area (Å²) in [6.45, 7) is 3.02. The van der Waals surface area contributed by atoms with Gasteiger partial charge in [-0.3, -0.25) is 0 Å². The monoisotopic (exact) mass is 212 g/mol. The van der Waals surface area contributed by atoms with Crippen LogP contribution in [0.25, 0.3) is 0 Å². The molecule has 3 nitrogen and oxygen atoms in total. The second-order valence-corrected chi connectivity index (χ2v) is 3.84. The van der Waals surface area contributed by atoms with Crippen molar-refractivity contribution in [3.05, 3.63) is 12.2 Å². The van der Waals surface area contributed by atoms with Crippen molar-refractivity contribution in [2.45, 2.75) is 45.3 Å². The summed E-state index contributed by atoms with van der Waals surface area (Å²) in [5, 5.41) is 0. The smallest absolute Gasteiger partial charge is 0.157 e. The van der Waals surface area contributed by atoms with Crippen LogP contribution in [-0.4, -0.2) is 25.3 Å². The minimum Gasteiger partial charge on any atom is -0.353 e. The standard InChI is InChI=1S/C12H20O3/c1-11(13)7-3-2-5-9-14-12-8-4-6-10-15-12/h2,5,12H,3-4,6-10H2,1H3/b5-2-. The lowest BCUT2D eigenvalue weighted by molar-refractivity contribution is -0.155. The Balaban J connectivity index is 1.97. The lowest BCUT2D eigenvalue weighted by atomic mass is 10.2. The van der Waals surface area contributed by atoms with E-state index in [0.717, 1.165) is 25.9 Å². The predicted molar refractivity (Wildman–Crippen MR) is 58.6 cm³/mol. The number of carbonyl (C=O) groups is 1. The Labute approximate surface area is 91.4 Å². The third-order valence-corrected chi connectivity index (χ3v) is 2.35. The van der Waals surface area contributed by atoms with E-state index in [9.17, 15) is 4.79 Å². The maximum absolute atomic E-state index is 10.6. The number of rotatable bonds is 6. The quantitative estimate of drug-likeness (QED) is 0.634. The van der Waals surface area contributed by atoms with Crippen LogP contribution in [0, 0.1) is 0 Å². The zero-order valence-corrected chi connectivity index (χ0v) is 9.41. The molecule has 0 radical (unpaired) electrons. The van der Waals surface area contributed by atoms with Crippen LogP contribution < -0.4 is 0 Å². The van der Waals surface area contributed by atoms with Crippen LogP contribution in [0.1, 0.15) is 39.0 Å². The molecular formula is C12H20O3. The Bertz CT molecular complexity index is 205. The first-order valence-electron chi connectivity index (χ1n) is 5.66. The molecule has 1 saturated heterocycles. The molecule has 1 aliphatic heterocycles. The number of hydrogen-bond donors (Lipinski definition) is 0. The van der Waals surface area contributed by atoms with E-state index in [1.54, 1.807) is 6.92 Å². The van der Waals surface area contributed by atoms with Crippen LogP contribution in [0.2, 0.25) is 0 Å². The molecule has 1 rings (SSSR count). The number of ketones is 1. The minimum atomic E-state index is -0.0174. The summed E-state index contributed by atoms with van der Waals surface area (Å²) >= 11 is 0. The lowest BCUT2D eigenvalue weighted by Crippen LogP contribution is -2.22. The Hall–Kier alpha value is -0.670. The Morgan fingerprint density at radius 2 is 2.33 bits per heavy atom. The molecule has 3 heteroatoms. The summed E-state index contributed by atoms with van der Waals surface area (Å²) in [7, 11) is 0. The molecule has 0 amide bonds. The first kappa shape index (κ1) is 12.4. The van der Waals surface area contributed by atoms with E-state index in [-0.39, 0.29) is 12.1 Å². The van der Waals surface area contributed by atoms with Gasteiger partial charge in [0.15, 0.2) is 6.29 Å². The predicted octanol–water partition coefficient (Wildman–Crippen LogP) is 2.46. The second kappa shape index (κ2) is 7.60. The summed E-state index contributed by atoms with van der Waals surface area (Å²) in [6.07, 6.45) is 8.70. The van der Waals surface area contributed by atoms with Crippen molar-refractivity contribution in [3.63, 3.8) is 0 Å². The summed E-state index contributed by atoms with van der Waals surface area (Å²) in [6, 6.07) is 0. The van der Waals surface area contributed by atoms with Gasteiger partial charge in [0.2, 0.25) is 0 Å². The van der Waals surface area contributed by atoms with Crippen molar-refractivity contribution < 1.29 is 14.3 Å². The summed E-state index contributed by atoms with van der Waals surface area (Å²) in [5.41, 5.74) is 0. The molecule has 1 fully saturated rings. The molecular weight excluding hydrogens is 192 g/mol. The summed E-state index contributed by atoms with van der Waals surface area (Å²) < 4.78 is 10.9. The van der Waals surface area contributed by atoms with Gasteiger partial charge in [0.05, 0.1) is 6.61 Å². The van der Waals surface area contributed by atoms with Crippen LogP contribution in [0.4, 0.5) is 0 Å². The fourth-order valence-electron chi connectivity index (χ4n) is 1.48. The molecule has 0 aliphatic carbocycles. The van der Waals surface area contributed by atoms with Crippen LogP contribution in [0.15, 0.2) is 12.2 Å². The number of hydrogen-bond acceptors (Lipinski definition) is 3. The first-order valence-corrected chi connectivity index (χ1v) is 5.66. The van der Waals surface area contributed by atoms with Gasteiger partial charge in [-0.25, -0.2) is 0 Å². The normalized spacial score (nSPS) is 22.1. The van der Waals surface area contributed by atoms with E-state index in [1.165, 1.54) is 6.42 Å². The van der Waals surface area contributed by atoms with Crippen molar-refractivity contribution in [3.8, 4) is 0 Å². The zero-order chi connectivity index (χ0) is 10.9. The Kier molecular flexibility index (Phi) is 6.28. The molecule has 1 atom stereocenters. The van der Waals surface area contributed by atoms with Crippen LogP contribution in [0.3, 0.4) is 0 Å². The molecule has 0 bridgehead atoms. The second-order valence-electron chi connectivity index (χ2n) is 3.84. The van der Waals surface area contributed by atoms with E-state index in [2.05, 4.69) is 0 Å². The minimum absolute atomic E-state index is 0.0174. The molecule has 0 saturated carbocycles. The Morgan fingerprint density at radius 1 is 1.47 bits per heavy atom. The molecule has 1 heterocycles. The number of ether oxygens (including phenoxy) is 2. The van der Waals surface area contributed by atoms with Crippen molar-refractivity contribution in [1.82, 2.24) is 0 Å². The van der Waals surface area contributed by atoms with E-state index in [4.69, 9.17) is 9.47 Å². The SMILES string of the molecule is CC(=O)CC/C=C\COC1CCCCO1. The van der Waals surface area contributed by atoms with Crippen molar-refractivity contribution in [1.29, 1.82) is 0 Å². The van der Waals surface area contributed by atoms with Gasteiger partial charge in [-0.1, -0.05) is 12.2 Å². The fraction of sp³-hybridized carbons (Fsp3) is 0.750. The maximum atomic E-state index is 10.6. The highest BCUT2D eigenvalue weighted by Crippen LogP contribution is 2.13. The highest BCUT2D eigenvalue weighted by molar-refractivity contribution is 5.75. The van der Waals surface area contributed by atoms with Gasteiger partial charge in [-0.15, -0.1) is 0 Å².